The van der Waals surface area contributed by atoms with E-state index in [9.17, 15) is 18.4 Å². The highest BCUT2D eigenvalue weighted by molar-refractivity contribution is 8.00. The van der Waals surface area contributed by atoms with Crippen LogP contribution in [0, 0.1) is 11.6 Å². The van der Waals surface area contributed by atoms with Crippen molar-refractivity contribution in [2.45, 2.75) is 25.6 Å². The Hall–Kier alpha value is -1.63. The van der Waals surface area contributed by atoms with Crippen LogP contribution >= 0.6 is 11.8 Å². The second-order valence-electron chi connectivity index (χ2n) is 5.24. The average Bonchev–Trinajstić information content (AvgIpc) is 2.88. The molecule has 7 heteroatoms. The number of rotatable bonds is 6. The highest BCUT2D eigenvalue weighted by atomic mass is 32.2. The van der Waals surface area contributed by atoms with Crippen LogP contribution in [0.1, 0.15) is 31.2 Å². The summed E-state index contributed by atoms with van der Waals surface area (Å²) >= 11 is 1.32. The van der Waals surface area contributed by atoms with Crippen LogP contribution in [0.25, 0.3) is 0 Å². The fraction of sp³-hybridized carbons (Fsp3) is 0.500. The summed E-state index contributed by atoms with van der Waals surface area (Å²) in [5.74, 6) is -1.10. The van der Waals surface area contributed by atoms with Gasteiger partial charge < -0.3 is 9.80 Å². The molecule has 4 nitrogen and oxygen atoms in total. The van der Waals surface area contributed by atoms with Crippen molar-refractivity contribution in [2.75, 3.05) is 25.4 Å². The van der Waals surface area contributed by atoms with Crippen LogP contribution in [0.15, 0.2) is 18.2 Å². The smallest absolute Gasteiger partial charge is 0.233 e. The van der Waals surface area contributed by atoms with Crippen molar-refractivity contribution in [2.24, 2.45) is 0 Å². The molecule has 1 fully saturated rings. The summed E-state index contributed by atoms with van der Waals surface area (Å²) in [6.07, 6.45) is 0.409. The monoisotopic (exact) mass is 342 g/mol. The molecule has 0 aliphatic carbocycles. The Labute approximate surface area is 138 Å². The van der Waals surface area contributed by atoms with Gasteiger partial charge in [-0.2, -0.15) is 0 Å². The summed E-state index contributed by atoms with van der Waals surface area (Å²) < 4.78 is 27.1. The van der Waals surface area contributed by atoms with E-state index in [0.29, 0.717) is 31.6 Å². The first kappa shape index (κ1) is 17.7. The lowest BCUT2D eigenvalue weighted by atomic mass is 10.2. The van der Waals surface area contributed by atoms with Gasteiger partial charge in [-0.05, 0) is 13.0 Å². The molecule has 2 rings (SSSR count). The minimum atomic E-state index is -0.654. The zero-order valence-corrected chi connectivity index (χ0v) is 14.0. The summed E-state index contributed by atoms with van der Waals surface area (Å²) in [4.78, 5) is 27.1. The van der Waals surface area contributed by atoms with Gasteiger partial charge in [0.15, 0.2) is 0 Å². The van der Waals surface area contributed by atoms with E-state index in [0.717, 1.165) is 6.07 Å². The van der Waals surface area contributed by atoms with Gasteiger partial charge in [-0.3, -0.25) is 9.59 Å². The number of hydrogen-bond donors (Lipinski definition) is 0. The van der Waals surface area contributed by atoms with Crippen LogP contribution in [0.4, 0.5) is 8.78 Å². The Morgan fingerprint density at radius 2 is 2.13 bits per heavy atom. The third kappa shape index (κ3) is 4.02. The van der Waals surface area contributed by atoms with E-state index in [-0.39, 0.29) is 17.6 Å². The quantitative estimate of drug-likeness (QED) is 0.798. The predicted octanol–water partition coefficient (Wildman–Crippen LogP) is 2.80. The Morgan fingerprint density at radius 3 is 2.74 bits per heavy atom. The van der Waals surface area contributed by atoms with Crippen LogP contribution < -0.4 is 0 Å². The maximum atomic E-state index is 14.0. The van der Waals surface area contributed by atoms with Gasteiger partial charge >= 0.3 is 0 Å². The van der Waals surface area contributed by atoms with Gasteiger partial charge in [-0.15, -0.1) is 11.8 Å². The van der Waals surface area contributed by atoms with Crippen molar-refractivity contribution in [3.63, 3.8) is 0 Å². The average molecular weight is 342 g/mol. The number of likely N-dealkylation sites (N-methyl/N-ethyl adjacent to an activating group) is 1. The van der Waals surface area contributed by atoms with Gasteiger partial charge in [-0.1, -0.05) is 13.0 Å². The minimum Gasteiger partial charge on any atom is -0.341 e. The summed E-state index contributed by atoms with van der Waals surface area (Å²) in [6, 6.07) is 3.40. The number of thioether (sulfide) groups is 1. The van der Waals surface area contributed by atoms with Gasteiger partial charge in [0.1, 0.15) is 17.0 Å². The number of amides is 2. The second kappa shape index (κ2) is 7.77. The van der Waals surface area contributed by atoms with Crippen molar-refractivity contribution in [3.05, 3.63) is 35.4 Å². The predicted molar refractivity (Wildman–Crippen MR) is 85.8 cm³/mol. The first-order chi connectivity index (χ1) is 11.0. The molecule has 126 valence electrons. The van der Waals surface area contributed by atoms with Crippen molar-refractivity contribution >= 4 is 23.6 Å². The molecule has 1 aromatic carbocycles. The molecule has 2 amide bonds. The second-order valence-corrected chi connectivity index (χ2v) is 6.31. The maximum absolute atomic E-state index is 14.0. The lowest BCUT2D eigenvalue weighted by molar-refractivity contribution is -0.133. The van der Waals surface area contributed by atoms with Crippen molar-refractivity contribution in [3.8, 4) is 0 Å². The van der Waals surface area contributed by atoms with Crippen LogP contribution in [0.3, 0.4) is 0 Å². The van der Waals surface area contributed by atoms with Gasteiger partial charge in [0.05, 0.1) is 5.75 Å². The van der Waals surface area contributed by atoms with Gasteiger partial charge in [0.2, 0.25) is 11.8 Å². The summed E-state index contributed by atoms with van der Waals surface area (Å²) in [7, 11) is 0. The van der Waals surface area contributed by atoms with Gasteiger partial charge in [0, 0.05) is 37.7 Å². The van der Waals surface area contributed by atoms with E-state index >= 15 is 0 Å². The molecule has 1 saturated heterocycles. The van der Waals surface area contributed by atoms with Crippen LogP contribution in [-0.2, 0) is 9.59 Å². The molecule has 0 bridgehead atoms. The molecular weight excluding hydrogens is 322 g/mol. The lowest BCUT2D eigenvalue weighted by Gasteiger charge is -2.28. The highest BCUT2D eigenvalue weighted by Gasteiger charge is 2.34. The molecule has 1 aliphatic heterocycles. The van der Waals surface area contributed by atoms with E-state index in [1.54, 1.807) is 16.7 Å². The van der Waals surface area contributed by atoms with Gasteiger partial charge in [-0.25, -0.2) is 8.78 Å². The van der Waals surface area contributed by atoms with Crippen molar-refractivity contribution < 1.29 is 18.4 Å². The largest absolute Gasteiger partial charge is 0.341 e. The van der Waals surface area contributed by atoms with E-state index in [2.05, 4.69) is 0 Å². The molecular formula is C16H20F2N2O2S. The normalized spacial score (nSPS) is 17.7. The molecule has 0 N–H and O–H groups in total. The molecule has 1 aromatic rings. The van der Waals surface area contributed by atoms with Crippen LogP contribution in [0.2, 0.25) is 0 Å². The zero-order valence-electron chi connectivity index (χ0n) is 13.2. The zero-order chi connectivity index (χ0) is 17.0. The third-order valence-electron chi connectivity index (χ3n) is 3.84. The molecule has 1 aliphatic rings. The summed E-state index contributed by atoms with van der Waals surface area (Å²) in [5.41, 5.74) is 0.298. The van der Waals surface area contributed by atoms with Crippen molar-refractivity contribution in [1.29, 1.82) is 0 Å². The van der Waals surface area contributed by atoms with E-state index in [1.807, 2.05) is 6.92 Å². The fourth-order valence-corrected chi connectivity index (χ4v) is 3.81. The fourth-order valence-electron chi connectivity index (χ4n) is 2.57. The Morgan fingerprint density at radius 1 is 1.39 bits per heavy atom. The molecule has 0 spiro atoms. The Kier molecular flexibility index (Phi) is 5.98. The third-order valence-corrected chi connectivity index (χ3v) is 5.08. The number of carbonyl (C=O) groups is 2. The number of carbonyl (C=O) groups excluding carboxylic acids is 2. The number of halogens is 2. The first-order valence-electron chi connectivity index (χ1n) is 7.61. The SMILES string of the molecule is CCC(=O)N(CC)CCN1C(=O)CS[C@H]1c1ccc(F)cc1F. The molecule has 1 atom stereocenters. The van der Waals surface area contributed by atoms with Gasteiger partial charge in [0.25, 0.3) is 0 Å². The maximum Gasteiger partial charge on any atom is 0.233 e. The van der Waals surface area contributed by atoms with E-state index in [4.69, 9.17) is 0 Å². The summed E-state index contributed by atoms with van der Waals surface area (Å²) in [5, 5.41) is -0.474. The summed E-state index contributed by atoms with van der Waals surface area (Å²) in [6.45, 7) is 4.99. The van der Waals surface area contributed by atoms with E-state index < -0.39 is 17.0 Å². The molecule has 0 unspecified atom stereocenters. The molecule has 0 aromatic heterocycles. The number of benzene rings is 1. The lowest BCUT2D eigenvalue weighted by Crippen LogP contribution is -2.39. The van der Waals surface area contributed by atoms with Crippen molar-refractivity contribution in [1.82, 2.24) is 9.80 Å². The van der Waals surface area contributed by atoms with Crippen LogP contribution in [0.5, 0.6) is 0 Å². The number of nitrogens with zero attached hydrogens (tertiary/aromatic N) is 2. The standard InChI is InChI=1S/C16H20F2N2O2S/c1-3-14(21)19(4-2)7-8-20-15(22)10-23-16(20)12-6-5-11(17)9-13(12)18/h5-6,9,16H,3-4,7-8,10H2,1-2H3/t16-/m0/s1. The Balaban J connectivity index is 2.12. The minimum absolute atomic E-state index is 0.0244. The van der Waals surface area contributed by atoms with Crippen LogP contribution in [-0.4, -0.2) is 47.0 Å². The topological polar surface area (TPSA) is 40.6 Å². The molecule has 0 saturated carbocycles. The first-order valence-corrected chi connectivity index (χ1v) is 8.66. The molecule has 23 heavy (non-hydrogen) atoms. The molecule has 0 radical (unpaired) electrons. The molecule has 1 heterocycles. The highest BCUT2D eigenvalue weighted by Crippen LogP contribution is 2.39. The Bertz CT molecular complexity index is 597. The number of hydrogen-bond acceptors (Lipinski definition) is 3. The van der Waals surface area contributed by atoms with E-state index in [1.165, 1.54) is 23.9 Å².